The zero-order valence-corrected chi connectivity index (χ0v) is 11.6. The van der Waals surface area contributed by atoms with Crippen LogP contribution in [0.3, 0.4) is 0 Å². The summed E-state index contributed by atoms with van der Waals surface area (Å²) in [6, 6.07) is 7.54. The molecule has 0 saturated carbocycles. The number of amides is 1. The molecule has 0 aliphatic carbocycles. The largest absolute Gasteiger partial charge is 0.339 e. The normalized spacial score (nSPS) is 10.6. The van der Waals surface area contributed by atoms with Gasteiger partial charge in [0.15, 0.2) is 0 Å². The quantitative estimate of drug-likeness (QED) is 0.754. The van der Waals surface area contributed by atoms with Gasteiger partial charge in [-0.05, 0) is 31.5 Å². The number of carbonyl (C=O) groups excluding carboxylic acids is 1. The van der Waals surface area contributed by atoms with Crippen molar-refractivity contribution in [1.82, 2.24) is 4.90 Å². The second-order valence-corrected chi connectivity index (χ2v) is 4.99. The van der Waals surface area contributed by atoms with Crippen LogP contribution in [0.15, 0.2) is 24.3 Å². The van der Waals surface area contributed by atoms with Gasteiger partial charge in [-0.25, -0.2) is 0 Å². The van der Waals surface area contributed by atoms with Crippen molar-refractivity contribution >= 4 is 29.1 Å². The number of hydrogen-bond acceptors (Lipinski definition) is 1. The van der Waals surface area contributed by atoms with Crippen molar-refractivity contribution in [2.45, 2.75) is 26.3 Å². The van der Waals surface area contributed by atoms with Gasteiger partial charge in [0.1, 0.15) is 0 Å². The molecule has 0 radical (unpaired) electrons. The van der Waals surface area contributed by atoms with Crippen LogP contribution in [-0.2, 0) is 11.2 Å². The van der Waals surface area contributed by atoms with Gasteiger partial charge in [-0.3, -0.25) is 4.79 Å². The van der Waals surface area contributed by atoms with Crippen molar-refractivity contribution in [1.29, 1.82) is 0 Å². The molecule has 0 aliphatic rings. The molecular weight excluding hydrogens is 257 g/mol. The molecule has 0 aromatic heterocycles. The Balaban J connectivity index is 2.69. The standard InChI is InChI=1S/C13H17Cl2NO/c1-10(2)16(7-6-14)13(17)9-11-4-3-5-12(15)8-11/h3-5,8,10H,6-7,9H2,1-2H3. The molecule has 0 spiro atoms. The van der Waals surface area contributed by atoms with Crippen molar-refractivity contribution in [2.75, 3.05) is 12.4 Å². The minimum atomic E-state index is 0.0860. The lowest BCUT2D eigenvalue weighted by atomic mass is 10.1. The monoisotopic (exact) mass is 273 g/mol. The maximum atomic E-state index is 12.1. The first-order valence-electron chi connectivity index (χ1n) is 5.64. The average Bonchev–Trinajstić information content (AvgIpc) is 2.25. The fraction of sp³-hybridized carbons (Fsp3) is 0.462. The Bertz CT molecular complexity index is 379. The molecule has 1 amide bonds. The number of nitrogens with zero attached hydrogens (tertiary/aromatic N) is 1. The molecule has 1 aromatic carbocycles. The molecule has 1 rings (SSSR count). The zero-order chi connectivity index (χ0) is 12.8. The van der Waals surface area contributed by atoms with Gasteiger partial charge in [0.05, 0.1) is 6.42 Å². The first-order valence-corrected chi connectivity index (χ1v) is 6.55. The summed E-state index contributed by atoms with van der Waals surface area (Å²) in [5.41, 5.74) is 0.933. The molecule has 4 heteroatoms. The first-order chi connectivity index (χ1) is 8.04. The molecular formula is C13H17Cl2NO. The van der Waals surface area contributed by atoms with Crippen LogP contribution in [0.1, 0.15) is 19.4 Å². The van der Waals surface area contributed by atoms with Crippen LogP contribution in [0, 0.1) is 0 Å². The number of hydrogen-bond donors (Lipinski definition) is 0. The molecule has 0 bridgehead atoms. The molecule has 0 aliphatic heterocycles. The van der Waals surface area contributed by atoms with Crippen LogP contribution >= 0.6 is 23.2 Å². The summed E-state index contributed by atoms with van der Waals surface area (Å²) in [6.07, 6.45) is 0.371. The number of benzene rings is 1. The third-order valence-corrected chi connectivity index (χ3v) is 2.92. The van der Waals surface area contributed by atoms with Crippen LogP contribution in [0.25, 0.3) is 0 Å². The fourth-order valence-electron chi connectivity index (χ4n) is 1.69. The van der Waals surface area contributed by atoms with Gasteiger partial charge in [0, 0.05) is 23.5 Å². The van der Waals surface area contributed by atoms with E-state index in [9.17, 15) is 4.79 Å². The highest BCUT2D eigenvalue weighted by molar-refractivity contribution is 6.30. The van der Waals surface area contributed by atoms with Crippen molar-refractivity contribution in [3.8, 4) is 0 Å². The highest BCUT2D eigenvalue weighted by Gasteiger charge is 2.16. The van der Waals surface area contributed by atoms with E-state index in [1.807, 2.05) is 32.0 Å². The molecule has 0 unspecified atom stereocenters. The summed E-state index contributed by atoms with van der Waals surface area (Å²) in [5.74, 6) is 0.544. The average molecular weight is 274 g/mol. The Morgan fingerprint density at radius 1 is 1.41 bits per heavy atom. The third-order valence-electron chi connectivity index (χ3n) is 2.51. The number of halogens is 2. The van der Waals surface area contributed by atoms with E-state index in [2.05, 4.69) is 0 Å². The summed E-state index contributed by atoms with van der Waals surface area (Å²) >= 11 is 11.6. The van der Waals surface area contributed by atoms with Gasteiger partial charge in [0.25, 0.3) is 0 Å². The predicted molar refractivity (Wildman–Crippen MR) is 72.7 cm³/mol. The fourth-order valence-corrected chi connectivity index (χ4v) is 2.08. The van der Waals surface area contributed by atoms with E-state index in [1.165, 1.54) is 0 Å². The molecule has 0 saturated heterocycles. The molecule has 2 nitrogen and oxygen atoms in total. The predicted octanol–water partition coefficient (Wildman–Crippen LogP) is 3.36. The Kier molecular flexibility index (Phi) is 5.79. The van der Waals surface area contributed by atoms with E-state index in [0.29, 0.717) is 23.9 Å². The van der Waals surface area contributed by atoms with Crippen LogP contribution < -0.4 is 0 Å². The highest BCUT2D eigenvalue weighted by Crippen LogP contribution is 2.12. The van der Waals surface area contributed by atoms with Crippen LogP contribution in [0.2, 0.25) is 5.02 Å². The van der Waals surface area contributed by atoms with Gasteiger partial charge in [0.2, 0.25) is 5.91 Å². The Hall–Kier alpha value is -0.730. The lowest BCUT2D eigenvalue weighted by Gasteiger charge is -2.26. The SMILES string of the molecule is CC(C)N(CCCl)C(=O)Cc1cccc(Cl)c1. The van der Waals surface area contributed by atoms with E-state index in [0.717, 1.165) is 5.56 Å². The Morgan fingerprint density at radius 2 is 2.12 bits per heavy atom. The van der Waals surface area contributed by atoms with Crippen molar-refractivity contribution in [2.24, 2.45) is 0 Å². The van der Waals surface area contributed by atoms with Crippen LogP contribution in [0.5, 0.6) is 0 Å². The highest BCUT2D eigenvalue weighted by atomic mass is 35.5. The molecule has 0 N–H and O–H groups in total. The molecule has 0 heterocycles. The van der Waals surface area contributed by atoms with E-state index in [1.54, 1.807) is 11.0 Å². The van der Waals surface area contributed by atoms with Gasteiger partial charge in [-0.2, -0.15) is 0 Å². The maximum absolute atomic E-state index is 12.1. The topological polar surface area (TPSA) is 20.3 Å². The number of alkyl halides is 1. The van der Waals surface area contributed by atoms with Gasteiger partial charge in [-0.15, -0.1) is 11.6 Å². The van der Waals surface area contributed by atoms with Crippen molar-refractivity contribution in [3.63, 3.8) is 0 Å². The van der Waals surface area contributed by atoms with Crippen molar-refractivity contribution in [3.05, 3.63) is 34.9 Å². The summed E-state index contributed by atoms with van der Waals surface area (Å²) in [5, 5.41) is 0.656. The smallest absolute Gasteiger partial charge is 0.227 e. The molecule has 1 aromatic rings. The third kappa shape index (κ3) is 4.57. The lowest BCUT2D eigenvalue weighted by Crippen LogP contribution is -2.39. The van der Waals surface area contributed by atoms with Crippen LogP contribution in [0.4, 0.5) is 0 Å². The van der Waals surface area contributed by atoms with Crippen LogP contribution in [-0.4, -0.2) is 29.3 Å². The maximum Gasteiger partial charge on any atom is 0.227 e. The molecule has 94 valence electrons. The van der Waals surface area contributed by atoms with Gasteiger partial charge < -0.3 is 4.90 Å². The second kappa shape index (κ2) is 6.87. The summed E-state index contributed by atoms with van der Waals surface area (Å²) in [7, 11) is 0. The molecule has 0 fully saturated rings. The Labute approximate surface area is 113 Å². The molecule has 0 atom stereocenters. The van der Waals surface area contributed by atoms with E-state index >= 15 is 0 Å². The molecule has 17 heavy (non-hydrogen) atoms. The van der Waals surface area contributed by atoms with E-state index in [-0.39, 0.29) is 11.9 Å². The number of carbonyl (C=O) groups is 1. The van der Waals surface area contributed by atoms with E-state index in [4.69, 9.17) is 23.2 Å². The first kappa shape index (κ1) is 14.3. The summed E-state index contributed by atoms with van der Waals surface area (Å²) < 4.78 is 0. The van der Waals surface area contributed by atoms with Crippen molar-refractivity contribution < 1.29 is 4.79 Å². The lowest BCUT2D eigenvalue weighted by molar-refractivity contribution is -0.131. The zero-order valence-electron chi connectivity index (χ0n) is 10.1. The summed E-state index contributed by atoms with van der Waals surface area (Å²) in [6.45, 7) is 4.56. The van der Waals surface area contributed by atoms with E-state index < -0.39 is 0 Å². The van der Waals surface area contributed by atoms with Gasteiger partial charge >= 0.3 is 0 Å². The second-order valence-electron chi connectivity index (χ2n) is 4.18. The van der Waals surface area contributed by atoms with Gasteiger partial charge in [-0.1, -0.05) is 23.7 Å². The minimum Gasteiger partial charge on any atom is -0.339 e. The Morgan fingerprint density at radius 3 is 2.65 bits per heavy atom. The summed E-state index contributed by atoms with van der Waals surface area (Å²) in [4.78, 5) is 13.9. The minimum absolute atomic E-state index is 0.0860. The number of rotatable bonds is 5.